The predicted molar refractivity (Wildman–Crippen MR) is 53.4 cm³/mol. The van der Waals surface area contributed by atoms with Crippen molar-refractivity contribution >= 4 is 5.78 Å². The van der Waals surface area contributed by atoms with Gasteiger partial charge in [0.05, 0.1) is 12.2 Å². The molecular formula is C11H11FO4. The number of aliphatic hydroxyl groups is 1. The molecule has 2 rings (SSSR count). The highest BCUT2D eigenvalue weighted by atomic mass is 19.1. The maximum Gasteiger partial charge on any atom is 0.172 e. The van der Waals surface area contributed by atoms with Crippen molar-refractivity contribution in [2.75, 3.05) is 13.2 Å². The number of carbonyl (C=O) groups is 1. The maximum atomic E-state index is 13.2. The fourth-order valence-electron chi connectivity index (χ4n) is 1.55. The van der Waals surface area contributed by atoms with Crippen LogP contribution in [0, 0.1) is 5.82 Å². The van der Waals surface area contributed by atoms with Gasteiger partial charge in [-0.25, -0.2) is 4.39 Å². The molecular weight excluding hydrogens is 215 g/mol. The van der Waals surface area contributed by atoms with E-state index in [1.807, 2.05) is 0 Å². The minimum atomic E-state index is -0.564. The lowest BCUT2D eigenvalue weighted by Gasteiger charge is -2.26. The van der Waals surface area contributed by atoms with E-state index in [4.69, 9.17) is 14.6 Å². The zero-order valence-electron chi connectivity index (χ0n) is 8.70. The largest absolute Gasteiger partial charge is 0.485 e. The number of ether oxygens (including phenoxy) is 2. The van der Waals surface area contributed by atoms with Gasteiger partial charge in [-0.1, -0.05) is 0 Å². The van der Waals surface area contributed by atoms with Crippen molar-refractivity contribution in [1.82, 2.24) is 0 Å². The molecule has 16 heavy (non-hydrogen) atoms. The molecule has 1 aromatic rings. The number of hydrogen-bond acceptors (Lipinski definition) is 4. The first-order valence-electron chi connectivity index (χ1n) is 4.86. The van der Waals surface area contributed by atoms with Crippen LogP contribution in [0.1, 0.15) is 17.3 Å². The fourth-order valence-corrected chi connectivity index (χ4v) is 1.55. The van der Waals surface area contributed by atoms with Gasteiger partial charge in [0.15, 0.2) is 23.4 Å². The molecule has 0 spiro atoms. The van der Waals surface area contributed by atoms with Gasteiger partial charge < -0.3 is 14.6 Å². The average molecular weight is 226 g/mol. The second kappa shape index (κ2) is 4.09. The summed E-state index contributed by atoms with van der Waals surface area (Å²) in [4.78, 5) is 11.3. The summed E-state index contributed by atoms with van der Waals surface area (Å²) in [6.07, 6.45) is -0.519. The molecule has 86 valence electrons. The first kappa shape index (κ1) is 10.9. The molecule has 1 heterocycles. The van der Waals surface area contributed by atoms with Gasteiger partial charge in [-0.2, -0.15) is 0 Å². The first-order valence-corrected chi connectivity index (χ1v) is 4.86. The lowest BCUT2D eigenvalue weighted by Crippen LogP contribution is -2.32. The summed E-state index contributed by atoms with van der Waals surface area (Å²) in [6.45, 7) is 1.26. The normalized spacial score (nSPS) is 18.3. The van der Waals surface area contributed by atoms with Crippen LogP contribution >= 0.6 is 0 Å². The molecule has 0 saturated carbocycles. The van der Waals surface area contributed by atoms with Gasteiger partial charge in [0.2, 0.25) is 0 Å². The average Bonchev–Trinajstić information content (AvgIpc) is 2.26. The lowest BCUT2D eigenvalue weighted by molar-refractivity contribution is 0.0444. The molecule has 4 nitrogen and oxygen atoms in total. The Balaban J connectivity index is 2.45. The zero-order valence-corrected chi connectivity index (χ0v) is 8.70. The Labute approximate surface area is 91.6 Å². The van der Waals surface area contributed by atoms with E-state index in [1.54, 1.807) is 0 Å². The third-order valence-corrected chi connectivity index (χ3v) is 2.31. The van der Waals surface area contributed by atoms with E-state index in [9.17, 15) is 9.18 Å². The maximum absolute atomic E-state index is 13.2. The number of hydrogen-bond donors (Lipinski definition) is 1. The van der Waals surface area contributed by atoms with E-state index in [1.165, 1.54) is 6.92 Å². The van der Waals surface area contributed by atoms with E-state index < -0.39 is 11.9 Å². The van der Waals surface area contributed by atoms with Crippen molar-refractivity contribution in [3.63, 3.8) is 0 Å². The molecule has 1 aliphatic heterocycles. The molecule has 1 unspecified atom stereocenters. The highest BCUT2D eigenvalue weighted by Gasteiger charge is 2.25. The summed E-state index contributed by atoms with van der Waals surface area (Å²) in [5, 5.41) is 8.90. The second-order valence-corrected chi connectivity index (χ2v) is 3.57. The molecule has 0 amide bonds. The number of aliphatic hydroxyl groups excluding tert-OH is 1. The minimum absolute atomic E-state index is 0.148. The summed E-state index contributed by atoms with van der Waals surface area (Å²) in [6, 6.07) is 2.26. The topological polar surface area (TPSA) is 55.8 Å². The Bertz CT molecular complexity index is 430. The molecule has 1 N–H and O–H groups in total. The summed E-state index contributed by atoms with van der Waals surface area (Å²) < 4.78 is 23.8. The number of fused-ring (bicyclic) bond motifs is 1. The Morgan fingerprint density at radius 3 is 3.00 bits per heavy atom. The van der Waals surface area contributed by atoms with Crippen LogP contribution < -0.4 is 9.47 Å². The van der Waals surface area contributed by atoms with Crippen LogP contribution in [0.2, 0.25) is 0 Å². The summed E-state index contributed by atoms with van der Waals surface area (Å²) >= 11 is 0. The molecule has 1 atom stereocenters. The van der Waals surface area contributed by atoms with Gasteiger partial charge in [0.1, 0.15) is 12.4 Å². The monoisotopic (exact) mass is 226 g/mol. The lowest BCUT2D eigenvalue weighted by atomic mass is 10.1. The third kappa shape index (κ3) is 1.86. The van der Waals surface area contributed by atoms with Crippen LogP contribution in [0.15, 0.2) is 12.1 Å². The van der Waals surface area contributed by atoms with Gasteiger partial charge >= 0.3 is 0 Å². The van der Waals surface area contributed by atoms with Crippen molar-refractivity contribution < 1.29 is 23.8 Å². The van der Waals surface area contributed by atoms with Crippen LogP contribution in [0.4, 0.5) is 4.39 Å². The van der Waals surface area contributed by atoms with E-state index in [2.05, 4.69) is 0 Å². The van der Waals surface area contributed by atoms with Crippen LogP contribution in [0.5, 0.6) is 11.5 Å². The summed E-state index contributed by atoms with van der Waals surface area (Å²) in [5.74, 6) is -0.443. The first-order chi connectivity index (χ1) is 7.61. The van der Waals surface area contributed by atoms with Gasteiger partial charge in [-0.15, -0.1) is 0 Å². The number of benzene rings is 1. The fraction of sp³-hybridized carbons (Fsp3) is 0.364. The van der Waals surface area contributed by atoms with Gasteiger partial charge in [0, 0.05) is 6.07 Å². The van der Waals surface area contributed by atoms with Gasteiger partial charge in [-0.05, 0) is 13.0 Å². The Hall–Kier alpha value is -1.62. The quantitative estimate of drug-likeness (QED) is 0.769. The van der Waals surface area contributed by atoms with Crippen molar-refractivity contribution in [2.45, 2.75) is 13.0 Å². The molecule has 0 bridgehead atoms. The minimum Gasteiger partial charge on any atom is -0.485 e. The number of Topliss-reactive ketones (excluding diaryl/α,β-unsaturated/α-hetero) is 1. The molecule has 0 saturated heterocycles. The zero-order chi connectivity index (χ0) is 11.7. The van der Waals surface area contributed by atoms with E-state index in [0.717, 1.165) is 12.1 Å². The van der Waals surface area contributed by atoms with E-state index in [-0.39, 0.29) is 36.1 Å². The highest BCUT2D eigenvalue weighted by Crippen LogP contribution is 2.36. The Morgan fingerprint density at radius 1 is 1.62 bits per heavy atom. The Kier molecular flexibility index (Phi) is 2.78. The smallest absolute Gasteiger partial charge is 0.172 e. The SMILES string of the molecule is CC(=O)c1cc(F)cc2c1OCC(CO)O2. The van der Waals surface area contributed by atoms with Crippen LogP contribution in [0.3, 0.4) is 0 Å². The number of rotatable bonds is 2. The van der Waals surface area contributed by atoms with Gasteiger partial charge in [0.25, 0.3) is 0 Å². The second-order valence-electron chi connectivity index (χ2n) is 3.57. The van der Waals surface area contributed by atoms with Crippen LogP contribution in [-0.2, 0) is 0 Å². The Morgan fingerprint density at radius 2 is 2.38 bits per heavy atom. The van der Waals surface area contributed by atoms with E-state index in [0.29, 0.717) is 0 Å². The molecule has 0 radical (unpaired) electrons. The highest BCUT2D eigenvalue weighted by molar-refractivity contribution is 5.97. The van der Waals surface area contributed by atoms with Crippen molar-refractivity contribution in [3.8, 4) is 11.5 Å². The van der Waals surface area contributed by atoms with Crippen LogP contribution in [-0.4, -0.2) is 30.2 Å². The molecule has 5 heteroatoms. The molecule has 1 aromatic carbocycles. The predicted octanol–water partition coefficient (Wildman–Crippen LogP) is 1.16. The number of halogens is 1. The van der Waals surface area contributed by atoms with Crippen molar-refractivity contribution in [1.29, 1.82) is 0 Å². The van der Waals surface area contributed by atoms with Crippen LogP contribution in [0.25, 0.3) is 0 Å². The van der Waals surface area contributed by atoms with Crippen molar-refractivity contribution in [2.24, 2.45) is 0 Å². The molecule has 0 aliphatic carbocycles. The third-order valence-electron chi connectivity index (χ3n) is 2.31. The van der Waals surface area contributed by atoms with E-state index >= 15 is 0 Å². The summed E-state index contributed by atoms with van der Waals surface area (Å²) in [7, 11) is 0. The molecule has 0 fully saturated rings. The number of ketones is 1. The molecule has 0 aromatic heterocycles. The summed E-state index contributed by atoms with van der Waals surface area (Å²) in [5.41, 5.74) is 0.159. The van der Waals surface area contributed by atoms with Gasteiger partial charge in [-0.3, -0.25) is 4.79 Å². The standard InChI is InChI=1S/C11H11FO4/c1-6(14)9-2-7(12)3-10-11(9)15-5-8(4-13)16-10/h2-3,8,13H,4-5H2,1H3. The molecule has 1 aliphatic rings. The van der Waals surface area contributed by atoms with Crippen molar-refractivity contribution in [3.05, 3.63) is 23.5 Å². The number of carbonyl (C=O) groups excluding carboxylic acids is 1.